The smallest absolute Gasteiger partial charge is 0.0951 e. The Balaban J connectivity index is 1.64. The molecule has 0 radical (unpaired) electrons. The lowest BCUT2D eigenvalue weighted by Gasteiger charge is -2.26. The summed E-state index contributed by atoms with van der Waals surface area (Å²) in [6.07, 6.45) is 8.67. The molecule has 0 amide bonds. The van der Waals surface area contributed by atoms with Gasteiger partial charge >= 0.3 is 0 Å². The summed E-state index contributed by atoms with van der Waals surface area (Å²) in [7, 11) is 0. The van der Waals surface area contributed by atoms with Crippen LogP contribution in [0.1, 0.15) is 39.0 Å². The van der Waals surface area contributed by atoms with Gasteiger partial charge in [-0.05, 0) is 48.9 Å². The molecule has 3 heteroatoms. The highest BCUT2D eigenvalue weighted by Gasteiger charge is 2.18. The molecule has 1 aliphatic carbocycles. The molecule has 0 bridgehead atoms. The summed E-state index contributed by atoms with van der Waals surface area (Å²) in [5, 5.41) is 4.70. The monoisotopic (exact) mass is 283 g/mol. The number of fused-ring (bicyclic) bond motifs is 1. The molecule has 0 saturated heterocycles. The zero-order valence-corrected chi connectivity index (χ0v) is 12.8. The molecular weight excluding hydrogens is 258 g/mol. The van der Waals surface area contributed by atoms with Crippen LogP contribution in [0.3, 0.4) is 0 Å². The number of aromatic nitrogens is 1. The van der Waals surface area contributed by atoms with Gasteiger partial charge in [0.1, 0.15) is 0 Å². The summed E-state index contributed by atoms with van der Waals surface area (Å²) in [6.45, 7) is 3.42. The van der Waals surface area contributed by atoms with Crippen LogP contribution in [0.5, 0.6) is 0 Å². The maximum absolute atomic E-state index is 6.00. The standard InChI is InChI=1S/C18H25N3/c1-13-4-2-5-14(12-13)9-11-20-17-8-7-16(19)18-15(17)6-3-10-21-18/h3,6-8,10,13-14,20H,2,4-5,9,11-12,19H2,1H3. The van der Waals surface area contributed by atoms with E-state index in [1.807, 2.05) is 12.1 Å². The molecule has 1 aromatic carbocycles. The van der Waals surface area contributed by atoms with Gasteiger partial charge in [-0.15, -0.1) is 0 Å². The Bertz CT molecular complexity index is 608. The Labute approximate surface area is 127 Å². The lowest BCUT2D eigenvalue weighted by Crippen LogP contribution is -2.16. The molecule has 0 aliphatic heterocycles. The van der Waals surface area contributed by atoms with Crippen molar-refractivity contribution in [2.75, 3.05) is 17.6 Å². The second-order valence-corrected chi connectivity index (χ2v) is 6.46. The fourth-order valence-corrected chi connectivity index (χ4v) is 3.58. The van der Waals surface area contributed by atoms with Crippen LogP contribution in [-0.2, 0) is 0 Å². The van der Waals surface area contributed by atoms with Crippen molar-refractivity contribution in [3.05, 3.63) is 30.5 Å². The third-order valence-corrected chi connectivity index (χ3v) is 4.71. The topological polar surface area (TPSA) is 50.9 Å². The largest absolute Gasteiger partial charge is 0.397 e. The number of rotatable bonds is 4. The van der Waals surface area contributed by atoms with Crippen molar-refractivity contribution in [3.63, 3.8) is 0 Å². The number of nitrogens with zero attached hydrogens (tertiary/aromatic N) is 1. The molecule has 112 valence electrons. The normalized spacial score (nSPS) is 22.3. The zero-order chi connectivity index (χ0) is 14.7. The van der Waals surface area contributed by atoms with E-state index in [4.69, 9.17) is 5.73 Å². The Morgan fingerprint density at radius 1 is 1.29 bits per heavy atom. The minimum Gasteiger partial charge on any atom is -0.397 e. The first kappa shape index (κ1) is 14.2. The van der Waals surface area contributed by atoms with E-state index in [0.29, 0.717) is 0 Å². The second-order valence-electron chi connectivity index (χ2n) is 6.46. The predicted molar refractivity (Wildman–Crippen MR) is 90.4 cm³/mol. The van der Waals surface area contributed by atoms with Crippen LogP contribution in [0.2, 0.25) is 0 Å². The zero-order valence-electron chi connectivity index (χ0n) is 12.8. The van der Waals surface area contributed by atoms with Crippen LogP contribution in [0.4, 0.5) is 11.4 Å². The average molecular weight is 283 g/mol. The van der Waals surface area contributed by atoms with Gasteiger partial charge in [-0.25, -0.2) is 0 Å². The molecule has 2 atom stereocenters. The van der Waals surface area contributed by atoms with Gasteiger partial charge < -0.3 is 11.1 Å². The number of benzene rings is 1. The number of nitrogen functional groups attached to an aromatic ring is 1. The van der Waals surface area contributed by atoms with Crippen LogP contribution in [-0.4, -0.2) is 11.5 Å². The van der Waals surface area contributed by atoms with E-state index in [1.54, 1.807) is 6.20 Å². The molecule has 21 heavy (non-hydrogen) atoms. The average Bonchev–Trinajstić information content (AvgIpc) is 2.50. The van der Waals surface area contributed by atoms with Gasteiger partial charge in [-0.3, -0.25) is 4.98 Å². The molecule has 1 aliphatic rings. The summed E-state index contributed by atoms with van der Waals surface area (Å²) in [6, 6.07) is 8.07. The SMILES string of the molecule is CC1CCCC(CCNc2ccc(N)c3ncccc23)C1. The van der Waals surface area contributed by atoms with Crippen LogP contribution in [0, 0.1) is 11.8 Å². The van der Waals surface area contributed by atoms with Crippen LogP contribution in [0.25, 0.3) is 10.9 Å². The molecule has 0 spiro atoms. The lowest BCUT2D eigenvalue weighted by molar-refractivity contribution is 0.274. The van der Waals surface area contributed by atoms with Crippen molar-refractivity contribution >= 4 is 22.3 Å². The van der Waals surface area contributed by atoms with Crippen molar-refractivity contribution in [1.82, 2.24) is 4.98 Å². The van der Waals surface area contributed by atoms with Crippen molar-refractivity contribution in [1.29, 1.82) is 0 Å². The van der Waals surface area contributed by atoms with E-state index in [0.717, 1.165) is 40.7 Å². The van der Waals surface area contributed by atoms with Crippen molar-refractivity contribution in [3.8, 4) is 0 Å². The molecule has 1 saturated carbocycles. The minimum atomic E-state index is 0.747. The summed E-state index contributed by atoms with van der Waals surface area (Å²) >= 11 is 0. The van der Waals surface area contributed by atoms with Gasteiger partial charge in [-0.2, -0.15) is 0 Å². The molecule has 1 fully saturated rings. The molecule has 3 rings (SSSR count). The molecular formula is C18H25N3. The fourth-order valence-electron chi connectivity index (χ4n) is 3.58. The number of hydrogen-bond acceptors (Lipinski definition) is 3. The minimum absolute atomic E-state index is 0.747. The molecule has 3 N–H and O–H groups in total. The van der Waals surface area contributed by atoms with Gasteiger partial charge in [0.05, 0.1) is 11.2 Å². The highest BCUT2D eigenvalue weighted by Crippen LogP contribution is 2.31. The first-order valence-corrected chi connectivity index (χ1v) is 8.11. The second kappa shape index (κ2) is 6.33. The Morgan fingerprint density at radius 2 is 2.19 bits per heavy atom. The summed E-state index contributed by atoms with van der Waals surface area (Å²) in [4.78, 5) is 4.38. The van der Waals surface area contributed by atoms with Gasteiger partial charge in [0, 0.05) is 23.8 Å². The van der Waals surface area contributed by atoms with E-state index in [1.165, 1.54) is 32.1 Å². The Morgan fingerprint density at radius 3 is 3.05 bits per heavy atom. The quantitative estimate of drug-likeness (QED) is 0.815. The van der Waals surface area contributed by atoms with Crippen LogP contribution >= 0.6 is 0 Å². The Kier molecular flexibility index (Phi) is 4.28. The third kappa shape index (κ3) is 3.29. The van der Waals surface area contributed by atoms with Gasteiger partial charge in [-0.1, -0.05) is 26.2 Å². The lowest BCUT2D eigenvalue weighted by atomic mass is 9.81. The number of anilines is 2. The highest BCUT2D eigenvalue weighted by atomic mass is 14.9. The van der Waals surface area contributed by atoms with Gasteiger partial charge in [0.2, 0.25) is 0 Å². The van der Waals surface area contributed by atoms with Crippen molar-refractivity contribution < 1.29 is 0 Å². The summed E-state index contributed by atoms with van der Waals surface area (Å²) in [5.41, 5.74) is 8.79. The van der Waals surface area contributed by atoms with E-state index in [9.17, 15) is 0 Å². The number of nitrogens with two attached hydrogens (primary N) is 1. The van der Waals surface area contributed by atoms with E-state index in [2.05, 4.69) is 29.4 Å². The first-order valence-electron chi connectivity index (χ1n) is 8.11. The van der Waals surface area contributed by atoms with Gasteiger partial charge in [0.15, 0.2) is 0 Å². The Hall–Kier alpha value is -1.77. The number of nitrogens with one attached hydrogen (secondary N) is 1. The fraction of sp³-hybridized carbons (Fsp3) is 0.500. The highest BCUT2D eigenvalue weighted by molar-refractivity contribution is 5.98. The maximum Gasteiger partial charge on any atom is 0.0951 e. The van der Waals surface area contributed by atoms with E-state index in [-0.39, 0.29) is 0 Å². The van der Waals surface area contributed by atoms with E-state index < -0.39 is 0 Å². The third-order valence-electron chi connectivity index (χ3n) is 4.71. The molecule has 1 heterocycles. The molecule has 3 nitrogen and oxygen atoms in total. The van der Waals surface area contributed by atoms with E-state index >= 15 is 0 Å². The van der Waals surface area contributed by atoms with Crippen molar-refractivity contribution in [2.45, 2.75) is 39.0 Å². The van der Waals surface area contributed by atoms with Crippen molar-refractivity contribution in [2.24, 2.45) is 11.8 Å². The molecule has 2 aromatic rings. The molecule has 1 aromatic heterocycles. The van der Waals surface area contributed by atoms with Crippen LogP contribution in [0.15, 0.2) is 30.5 Å². The van der Waals surface area contributed by atoms with Gasteiger partial charge in [0.25, 0.3) is 0 Å². The number of hydrogen-bond donors (Lipinski definition) is 2. The first-order chi connectivity index (χ1) is 10.2. The number of pyridine rings is 1. The maximum atomic E-state index is 6.00. The van der Waals surface area contributed by atoms with Crippen LogP contribution < -0.4 is 11.1 Å². The molecule has 2 unspecified atom stereocenters. The summed E-state index contributed by atoms with van der Waals surface area (Å²) < 4.78 is 0. The summed E-state index contributed by atoms with van der Waals surface area (Å²) in [5.74, 6) is 1.80. The predicted octanol–water partition coefficient (Wildman–Crippen LogP) is 4.45.